The van der Waals surface area contributed by atoms with Crippen LogP contribution in [-0.2, 0) is 11.3 Å². The highest BCUT2D eigenvalue weighted by atomic mass is 16.5. The van der Waals surface area contributed by atoms with E-state index in [-0.39, 0.29) is 11.8 Å². The van der Waals surface area contributed by atoms with Gasteiger partial charge in [0.15, 0.2) is 0 Å². The van der Waals surface area contributed by atoms with Gasteiger partial charge in [-0.2, -0.15) is 5.10 Å². The number of carbonyl (C=O) groups is 1. The number of pyridine rings is 1. The number of aromatic amines is 1. The minimum atomic E-state index is -0.0933. The molecule has 1 aliphatic heterocycles. The van der Waals surface area contributed by atoms with Gasteiger partial charge in [-0.1, -0.05) is 19.9 Å². The van der Waals surface area contributed by atoms with E-state index in [4.69, 9.17) is 9.72 Å². The highest BCUT2D eigenvalue weighted by Gasteiger charge is 2.27. The fourth-order valence-electron chi connectivity index (χ4n) is 3.72. The number of hydrogen-bond acceptors (Lipinski definition) is 5. The number of aromatic nitrogens is 3. The largest absolute Gasteiger partial charge is 0.383 e. The molecule has 3 rings (SSSR count). The summed E-state index contributed by atoms with van der Waals surface area (Å²) in [5.41, 5.74) is 3.81. The van der Waals surface area contributed by atoms with E-state index in [1.54, 1.807) is 13.3 Å². The summed E-state index contributed by atoms with van der Waals surface area (Å²) in [7, 11) is 1.62. The normalized spacial score (nSPS) is 17.8. The number of nitrogens with one attached hydrogen (secondary N) is 2. The SMILES string of the molecule is COCCNC(=O)c1cn[nH]c1[C@H]1CCCN(Cc2cccc(C(C)C)n2)C1. The van der Waals surface area contributed by atoms with E-state index < -0.39 is 0 Å². The maximum absolute atomic E-state index is 12.5. The predicted molar refractivity (Wildman–Crippen MR) is 108 cm³/mol. The third kappa shape index (κ3) is 5.17. The van der Waals surface area contributed by atoms with Gasteiger partial charge in [0.25, 0.3) is 5.91 Å². The molecule has 2 N–H and O–H groups in total. The Bertz CT molecular complexity index is 774. The van der Waals surface area contributed by atoms with E-state index in [9.17, 15) is 4.79 Å². The van der Waals surface area contributed by atoms with Gasteiger partial charge < -0.3 is 10.1 Å². The van der Waals surface area contributed by atoms with Crippen molar-refractivity contribution in [1.29, 1.82) is 0 Å². The zero-order chi connectivity index (χ0) is 19.9. The van der Waals surface area contributed by atoms with Gasteiger partial charge in [-0.25, -0.2) is 0 Å². The molecule has 1 fully saturated rings. The third-order valence-corrected chi connectivity index (χ3v) is 5.22. The second-order valence-electron chi connectivity index (χ2n) is 7.73. The van der Waals surface area contributed by atoms with Gasteiger partial charge in [0.2, 0.25) is 0 Å². The van der Waals surface area contributed by atoms with Crippen LogP contribution in [0.4, 0.5) is 0 Å². The number of methoxy groups -OCH3 is 1. The van der Waals surface area contributed by atoms with Crippen molar-refractivity contribution >= 4 is 5.91 Å². The van der Waals surface area contributed by atoms with E-state index in [2.05, 4.69) is 52.5 Å². The number of piperidine rings is 1. The summed E-state index contributed by atoms with van der Waals surface area (Å²) >= 11 is 0. The van der Waals surface area contributed by atoms with Crippen LogP contribution in [0.5, 0.6) is 0 Å². The molecule has 1 amide bonds. The molecular weight excluding hydrogens is 354 g/mol. The molecule has 152 valence electrons. The molecule has 1 atom stereocenters. The summed E-state index contributed by atoms with van der Waals surface area (Å²) in [6, 6.07) is 6.28. The molecule has 1 aliphatic rings. The van der Waals surface area contributed by atoms with E-state index in [1.165, 1.54) is 0 Å². The minimum absolute atomic E-state index is 0.0933. The third-order valence-electron chi connectivity index (χ3n) is 5.22. The molecule has 0 aromatic carbocycles. The number of likely N-dealkylation sites (tertiary alicyclic amines) is 1. The van der Waals surface area contributed by atoms with Gasteiger partial charge in [-0.15, -0.1) is 0 Å². The first-order valence-corrected chi connectivity index (χ1v) is 10.1. The molecule has 0 saturated carbocycles. The second-order valence-corrected chi connectivity index (χ2v) is 7.73. The molecule has 1 saturated heterocycles. The molecule has 2 aromatic rings. The van der Waals surface area contributed by atoms with Gasteiger partial charge in [0.1, 0.15) is 0 Å². The molecular formula is C21H31N5O2. The fraction of sp³-hybridized carbons (Fsp3) is 0.571. The number of hydrogen-bond donors (Lipinski definition) is 2. The van der Waals surface area contributed by atoms with Crippen molar-refractivity contribution in [3.63, 3.8) is 0 Å². The van der Waals surface area contributed by atoms with Crippen molar-refractivity contribution in [1.82, 2.24) is 25.4 Å². The van der Waals surface area contributed by atoms with Crippen LogP contribution in [0.3, 0.4) is 0 Å². The number of rotatable bonds is 8. The number of nitrogens with zero attached hydrogens (tertiary/aromatic N) is 3. The Morgan fingerprint density at radius 1 is 1.43 bits per heavy atom. The zero-order valence-electron chi connectivity index (χ0n) is 17.1. The molecule has 3 heterocycles. The average molecular weight is 386 g/mol. The first-order valence-electron chi connectivity index (χ1n) is 10.1. The molecule has 7 heteroatoms. The van der Waals surface area contributed by atoms with Crippen molar-refractivity contribution in [2.75, 3.05) is 33.4 Å². The number of amides is 1. The highest BCUT2D eigenvalue weighted by molar-refractivity contribution is 5.95. The van der Waals surface area contributed by atoms with Crippen LogP contribution in [-0.4, -0.2) is 59.3 Å². The quantitative estimate of drug-likeness (QED) is 0.683. The molecule has 28 heavy (non-hydrogen) atoms. The van der Waals surface area contributed by atoms with Gasteiger partial charge >= 0.3 is 0 Å². The van der Waals surface area contributed by atoms with Gasteiger partial charge in [-0.3, -0.25) is 19.8 Å². The Labute approximate surface area is 166 Å². The van der Waals surface area contributed by atoms with Crippen LogP contribution in [0.2, 0.25) is 0 Å². The maximum Gasteiger partial charge on any atom is 0.254 e. The zero-order valence-corrected chi connectivity index (χ0v) is 17.1. The van der Waals surface area contributed by atoms with Crippen LogP contribution in [0.25, 0.3) is 0 Å². The standard InChI is InChI=1S/C21H31N5O2/c1-15(2)19-8-4-7-17(24-19)14-26-10-5-6-16(13-26)20-18(12-23-25-20)21(27)22-9-11-28-3/h4,7-8,12,15-16H,5-6,9-11,13-14H2,1-3H3,(H,22,27)(H,23,25)/t16-/m0/s1. The maximum atomic E-state index is 12.5. The second kappa shape index (κ2) is 9.80. The average Bonchev–Trinajstić information content (AvgIpc) is 3.18. The van der Waals surface area contributed by atoms with Crippen molar-refractivity contribution < 1.29 is 9.53 Å². The summed E-state index contributed by atoms with van der Waals surface area (Å²) in [6.45, 7) is 8.11. The molecule has 0 spiro atoms. The lowest BCUT2D eigenvalue weighted by molar-refractivity contribution is 0.0934. The highest BCUT2D eigenvalue weighted by Crippen LogP contribution is 2.28. The Morgan fingerprint density at radius 2 is 2.29 bits per heavy atom. The fourth-order valence-corrected chi connectivity index (χ4v) is 3.72. The van der Waals surface area contributed by atoms with E-state index >= 15 is 0 Å². The van der Waals surface area contributed by atoms with Crippen LogP contribution in [0.1, 0.15) is 66.0 Å². The molecule has 0 bridgehead atoms. The smallest absolute Gasteiger partial charge is 0.254 e. The molecule has 0 radical (unpaired) electrons. The lowest BCUT2D eigenvalue weighted by Gasteiger charge is -2.32. The number of carbonyl (C=O) groups excluding carboxylic acids is 1. The first-order chi connectivity index (χ1) is 13.6. The monoisotopic (exact) mass is 385 g/mol. The molecule has 0 unspecified atom stereocenters. The van der Waals surface area contributed by atoms with E-state index in [0.717, 1.165) is 49.6 Å². The number of H-pyrrole nitrogens is 1. The van der Waals surface area contributed by atoms with E-state index in [0.29, 0.717) is 24.6 Å². The predicted octanol–water partition coefficient (Wildman–Crippen LogP) is 2.68. The first kappa shape index (κ1) is 20.5. The Balaban J connectivity index is 1.65. The van der Waals surface area contributed by atoms with Crippen LogP contribution < -0.4 is 5.32 Å². The van der Waals surface area contributed by atoms with Crippen molar-refractivity contribution in [3.05, 3.63) is 47.0 Å². The Morgan fingerprint density at radius 3 is 3.07 bits per heavy atom. The summed E-state index contributed by atoms with van der Waals surface area (Å²) in [4.78, 5) is 19.7. The minimum Gasteiger partial charge on any atom is -0.383 e. The van der Waals surface area contributed by atoms with Gasteiger partial charge in [-0.05, 0) is 37.4 Å². The van der Waals surface area contributed by atoms with E-state index in [1.807, 2.05) is 0 Å². The lowest BCUT2D eigenvalue weighted by Crippen LogP contribution is -2.35. The van der Waals surface area contributed by atoms with Gasteiger partial charge in [0, 0.05) is 38.4 Å². The van der Waals surface area contributed by atoms with Crippen LogP contribution in [0, 0.1) is 0 Å². The summed E-state index contributed by atoms with van der Waals surface area (Å²) in [6.07, 6.45) is 3.78. The molecule has 2 aromatic heterocycles. The summed E-state index contributed by atoms with van der Waals surface area (Å²) in [5, 5.41) is 10.1. The topological polar surface area (TPSA) is 83.1 Å². The van der Waals surface area contributed by atoms with Crippen molar-refractivity contribution in [2.45, 2.75) is 45.1 Å². The van der Waals surface area contributed by atoms with Gasteiger partial charge in [0.05, 0.1) is 29.8 Å². The molecule has 0 aliphatic carbocycles. The number of ether oxygens (including phenoxy) is 1. The Hall–Kier alpha value is -2.25. The summed E-state index contributed by atoms with van der Waals surface area (Å²) < 4.78 is 5.00. The summed E-state index contributed by atoms with van der Waals surface area (Å²) in [5.74, 6) is 0.607. The van der Waals surface area contributed by atoms with Crippen LogP contribution in [0.15, 0.2) is 24.4 Å². The van der Waals surface area contributed by atoms with Crippen molar-refractivity contribution in [2.24, 2.45) is 0 Å². The Kier molecular flexibility index (Phi) is 7.17. The van der Waals surface area contributed by atoms with Crippen LogP contribution >= 0.6 is 0 Å². The molecule has 7 nitrogen and oxygen atoms in total. The van der Waals surface area contributed by atoms with Crippen molar-refractivity contribution in [3.8, 4) is 0 Å². The lowest BCUT2D eigenvalue weighted by atomic mass is 9.92.